The van der Waals surface area contributed by atoms with Gasteiger partial charge in [0.25, 0.3) is 5.91 Å². The first kappa shape index (κ1) is 20.6. The van der Waals surface area contributed by atoms with Gasteiger partial charge in [0.15, 0.2) is 0 Å². The van der Waals surface area contributed by atoms with Gasteiger partial charge in [-0.3, -0.25) is 9.59 Å². The summed E-state index contributed by atoms with van der Waals surface area (Å²) >= 11 is 5.95. The molecule has 0 heterocycles. The first-order chi connectivity index (χ1) is 13.0. The molecule has 2 amide bonds. The van der Waals surface area contributed by atoms with Gasteiger partial charge in [0.05, 0.1) is 25.0 Å². The summed E-state index contributed by atoms with van der Waals surface area (Å²) in [5.74, 6) is 0.673. The average molecular weight is 391 g/mol. The topological polar surface area (TPSA) is 76.7 Å². The molecular weight excluding hydrogens is 368 g/mol. The summed E-state index contributed by atoms with van der Waals surface area (Å²) in [7, 11) is 1.52. The standard InChI is InChI=1S/C20H23ClN2O4/c1-3-27-17-8-5-4-7-15(17)20(25)22-12-6-9-19(24)23-16-13-14(21)10-11-18(16)26-2/h4-5,7-8,10-11,13H,3,6,9,12H2,1-2H3,(H,22,25)(H,23,24). The number of hydrogen-bond donors (Lipinski definition) is 2. The maximum atomic E-state index is 12.3. The van der Waals surface area contributed by atoms with Gasteiger partial charge < -0.3 is 20.1 Å². The SMILES string of the molecule is CCOc1ccccc1C(=O)NCCCC(=O)Nc1cc(Cl)ccc1OC. The van der Waals surface area contributed by atoms with Gasteiger partial charge in [0.2, 0.25) is 5.91 Å². The van der Waals surface area contributed by atoms with Crippen LogP contribution >= 0.6 is 11.6 Å². The molecule has 0 aliphatic carbocycles. The van der Waals surface area contributed by atoms with E-state index in [1.54, 1.807) is 36.4 Å². The number of nitrogens with one attached hydrogen (secondary N) is 2. The van der Waals surface area contributed by atoms with Crippen LogP contribution in [0.2, 0.25) is 5.02 Å². The number of para-hydroxylation sites is 1. The lowest BCUT2D eigenvalue weighted by molar-refractivity contribution is -0.116. The van der Waals surface area contributed by atoms with Crippen LogP contribution in [0.4, 0.5) is 5.69 Å². The highest BCUT2D eigenvalue weighted by atomic mass is 35.5. The molecule has 0 aromatic heterocycles. The molecule has 2 N–H and O–H groups in total. The molecule has 2 aromatic rings. The molecule has 0 unspecified atom stereocenters. The summed E-state index contributed by atoms with van der Waals surface area (Å²) in [6.45, 7) is 2.72. The second-order valence-electron chi connectivity index (χ2n) is 5.68. The first-order valence-electron chi connectivity index (χ1n) is 8.68. The van der Waals surface area contributed by atoms with Crippen molar-refractivity contribution in [3.8, 4) is 11.5 Å². The predicted molar refractivity (Wildman–Crippen MR) is 106 cm³/mol. The Hall–Kier alpha value is -2.73. The molecule has 0 aliphatic heterocycles. The molecule has 6 nitrogen and oxygen atoms in total. The lowest BCUT2D eigenvalue weighted by atomic mass is 10.2. The molecule has 0 saturated heterocycles. The summed E-state index contributed by atoms with van der Waals surface area (Å²) in [5.41, 5.74) is 0.997. The maximum absolute atomic E-state index is 12.3. The van der Waals surface area contributed by atoms with Crippen molar-refractivity contribution in [2.45, 2.75) is 19.8 Å². The second kappa shape index (κ2) is 10.4. The van der Waals surface area contributed by atoms with Crippen molar-refractivity contribution in [2.75, 3.05) is 25.6 Å². The van der Waals surface area contributed by atoms with E-state index in [-0.39, 0.29) is 18.2 Å². The van der Waals surface area contributed by atoms with Crippen LogP contribution in [0.5, 0.6) is 11.5 Å². The number of anilines is 1. The van der Waals surface area contributed by atoms with Gasteiger partial charge in [-0.2, -0.15) is 0 Å². The number of amides is 2. The van der Waals surface area contributed by atoms with Crippen LogP contribution in [0.3, 0.4) is 0 Å². The molecule has 2 aromatic carbocycles. The molecular formula is C20H23ClN2O4. The zero-order chi connectivity index (χ0) is 19.6. The third-order valence-corrected chi connectivity index (χ3v) is 3.97. The Labute approximate surface area is 163 Å². The summed E-state index contributed by atoms with van der Waals surface area (Å²) in [6, 6.07) is 12.1. The zero-order valence-corrected chi connectivity index (χ0v) is 16.1. The van der Waals surface area contributed by atoms with Crippen LogP contribution in [0.1, 0.15) is 30.1 Å². The molecule has 0 fully saturated rings. The van der Waals surface area contributed by atoms with Crippen LogP contribution in [0.25, 0.3) is 0 Å². The number of ether oxygens (including phenoxy) is 2. The fourth-order valence-corrected chi connectivity index (χ4v) is 2.64. The minimum absolute atomic E-state index is 0.181. The molecule has 27 heavy (non-hydrogen) atoms. The van der Waals surface area contributed by atoms with Crippen LogP contribution < -0.4 is 20.1 Å². The Balaban J connectivity index is 1.81. The number of carbonyl (C=O) groups excluding carboxylic acids is 2. The van der Waals surface area contributed by atoms with Gasteiger partial charge in [-0.1, -0.05) is 23.7 Å². The average Bonchev–Trinajstić information content (AvgIpc) is 2.66. The number of carbonyl (C=O) groups is 2. The molecule has 2 rings (SSSR count). The summed E-state index contributed by atoms with van der Waals surface area (Å²) in [5, 5.41) is 6.08. The summed E-state index contributed by atoms with van der Waals surface area (Å²) in [4.78, 5) is 24.4. The Morgan fingerprint density at radius 1 is 1.11 bits per heavy atom. The lowest BCUT2D eigenvalue weighted by Crippen LogP contribution is -2.26. The Morgan fingerprint density at radius 3 is 2.63 bits per heavy atom. The van der Waals surface area contributed by atoms with Crippen molar-refractivity contribution >= 4 is 29.1 Å². The lowest BCUT2D eigenvalue weighted by Gasteiger charge is -2.11. The minimum Gasteiger partial charge on any atom is -0.495 e. The van der Waals surface area contributed by atoms with Crippen molar-refractivity contribution in [2.24, 2.45) is 0 Å². The molecule has 7 heteroatoms. The number of hydrogen-bond acceptors (Lipinski definition) is 4. The zero-order valence-electron chi connectivity index (χ0n) is 15.4. The predicted octanol–water partition coefficient (Wildman–Crippen LogP) is 3.90. The van der Waals surface area contributed by atoms with Crippen molar-refractivity contribution in [1.82, 2.24) is 5.32 Å². The molecule has 0 bridgehead atoms. The monoisotopic (exact) mass is 390 g/mol. The van der Waals surface area contributed by atoms with E-state index in [1.165, 1.54) is 7.11 Å². The van der Waals surface area contributed by atoms with Crippen LogP contribution in [-0.4, -0.2) is 32.1 Å². The Bertz CT molecular complexity index is 795. The van der Waals surface area contributed by atoms with Gasteiger partial charge in [0, 0.05) is 18.0 Å². The van der Waals surface area contributed by atoms with Crippen LogP contribution in [0, 0.1) is 0 Å². The number of methoxy groups -OCH3 is 1. The van der Waals surface area contributed by atoms with Gasteiger partial charge >= 0.3 is 0 Å². The third kappa shape index (κ3) is 6.18. The summed E-state index contributed by atoms with van der Waals surface area (Å²) < 4.78 is 10.6. The van der Waals surface area contributed by atoms with Gasteiger partial charge in [-0.25, -0.2) is 0 Å². The number of benzene rings is 2. The highest BCUT2D eigenvalue weighted by Crippen LogP contribution is 2.27. The van der Waals surface area contributed by atoms with E-state index in [0.29, 0.717) is 47.3 Å². The highest BCUT2D eigenvalue weighted by Gasteiger charge is 2.12. The largest absolute Gasteiger partial charge is 0.495 e. The number of halogens is 1. The van der Waals surface area contributed by atoms with E-state index in [2.05, 4.69) is 10.6 Å². The van der Waals surface area contributed by atoms with E-state index < -0.39 is 0 Å². The van der Waals surface area contributed by atoms with Gasteiger partial charge in [-0.15, -0.1) is 0 Å². The third-order valence-electron chi connectivity index (χ3n) is 3.73. The second-order valence-corrected chi connectivity index (χ2v) is 6.12. The van der Waals surface area contributed by atoms with E-state index in [0.717, 1.165) is 0 Å². The van der Waals surface area contributed by atoms with Crippen LogP contribution in [0.15, 0.2) is 42.5 Å². The van der Waals surface area contributed by atoms with Crippen molar-refractivity contribution in [3.63, 3.8) is 0 Å². The van der Waals surface area contributed by atoms with E-state index >= 15 is 0 Å². The fraction of sp³-hybridized carbons (Fsp3) is 0.300. The highest BCUT2D eigenvalue weighted by molar-refractivity contribution is 6.31. The number of rotatable bonds is 9. The van der Waals surface area contributed by atoms with Crippen molar-refractivity contribution in [1.29, 1.82) is 0 Å². The Kier molecular flexibility index (Phi) is 7.95. The van der Waals surface area contributed by atoms with E-state index in [4.69, 9.17) is 21.1 Å². The molecule has 144 valence electrons. The van der Waals surface area contributed by atoms with Gasteiger partial charge in [0.1, 0.15) is 11.5 Å². The molecule has 0 radical (unpaired) electrons. The molecule has 0 aliphatic rings. The normalized spacial score (nSPS) is 10.2. The Morgan fingerprint density at radius 2 is 1.89 bits per heavy atom. The van der Waals surface area contributed by atoms with Crippen LogP contribution in [-0.2, 0) is 4.79 Å². The minimum atomic E-state index is -0.226. The summed E-state index contributed by atoms with van der Waals surface area (Å²) in [6.07, 6.45) is 0.750. The smallest absolute Gasteiger partial charge is 0.255 e. The molecule has 0 atom stereocenters. The van der Waals surface area contributed by atoms with Crippen molar-refractivity contribution < 1.29 is 19.1 Å². The van der Waals surface area contributed by atoms with E-state index in [1.807, 2.05) is 13.0 Å². The van der Waals surface area contributed by atoms with Crippen molar-refractivity contribution in [3.05, 3.63) is 53.1 Å². The van der Waals surface area contributed by atoms with Gasteiger partial charge in [-0.05, 0) is 43.7 Å². The van der Waals surface area contributed by atoms with E-state index in [9.17, 15) is 9.59 Å². The fourth-order valence-electron chi connectivity index (χ4n) is 2.47. The quantitative estimate of drug-likeness (QED) is 0.637. The maximum Gasteiger partial charge on any atom is 0.255 e. The molecule has 0 saturated carbocycles. The first-order valence-corrected chi connectivity index (χ1v) is 9.06. The molecule has 0 spiro atoms.